The molecule has 31 heavy (non-hydrogen) atoms. The average molecular weight is 445 g/mol. The number of thiazole rings is 1. The third kappa shape index (κ3) is 4.07. The SMILES string of the molecule is COC(=O)C1CCN(c2nc3scnc3c(Nc3ccc(OC)c(OC)c3)[n+]2C)CC1. The molecule has 1 N–H and O–H groups in total. The van der Waals surface area contributed by atoms with Crippen molar-refractivity contribution in [1.29, 1.82) is 0 Å². The topological polar surface area (TPSA) is 89.7 Å². The standard InChI is InChI=1S/C21H25N5O4S/c1-25-18(23-14-5-6-15(28-2)16(11-14)29-3)17-19(31-12-22-17)24-21(25)26-9-7-13(8-10-26)20(27)30-4/h5-6,11-13H,7-10H2,1-4H3/p+1. The summed E-state index contributed by atoms with van der Waals surface area (Å²) in [5, 5.41) is 3.47. The number of methoxy groups -OCH3 is 3. The van der Waals surface area contributed by atoms with Crippen LogP contribution in [0.3, 0.4) is 0 Å². The molecule has 0 unspecified atom stereocenters. The molecule has 1 aliphatic rings. The highest BCUT2D eigenvalue weighted by molar-refractivity contribution is 7.16. The quantitative estimate of drug-likeness (QED) is 0.459. The normalized spacial score (nSPS) is 14.5. The van der Waals surface area contributed by atoms with Crippen LogP contribution in [0.25, 0.3) is 10.3 Å². The first-order valence-corrected chi connectivity index (χ1v) is 10.9. The van der Waals surface area contributed by atoms with Gasteiger partial charge in [-0.1, -0.05) is 16.3 Å². The van der Waals surface area contributed by atoms with Crippen LogP contribution in [0.15, 0.2) is 23.7 Å². The summed E-state index contributed by atoms with van der Waals surface area (Å²) in [5.41, 5.74) is 3.45. The van der Waals surface area contributed by atoms with Gasteiger partial charge in [-0.2, -0.15) is 0 Å². The van der Waals surface area contributed by atoms with Gasteiger partial charge in [0.1, 0.15) is 0 Å². The van der Waals surface area contributed by atoms with E-state index >= 15 is 0 Å². The lowest BCUT2D eigenvalue weighted by atomic mass is 9.97. The number of anilines is 3. The van der Waals surface area contributed by atoms with Gasteiger partial charge in [0, 0.05) is 6.07 Å². The first-order chi connectivity index (χ1) is 15.0. The minimum absolute atomic E-state index is 0.0527. The van der Waals surface area contributed by atoms with Gasteiger partial charge in [-0.3, -0.25) is 15.0 Å². The van der Waals surface area contributed by atoms with Crippen molar-refractivity contribution in [2.24, 2.45) is 13.0 Å². The van der Waals surface area contributed by atoms with Crippen LogP contribution in [-0.2, 0) is 16.6 Å². The second kappa shape index (κ2) is 8.93. The van der Waals surface area contributed by atoms with Crippen LogP contribution in [0.2, 0.25) is 0 Å². The molecule has 9 nitrogen and oxygen atoms in total. The number of carbonyl (C=O) groups excluding carboxylic acids is 1. The van der Waals surface area contributed by atoms with Gasteiger partial charge in [0.15, 0.2) is 17.0 Å². The fourth-order valence-electron chi connectivity index (χ4n) is 3.86. The largest absolute Gasteiger partial charge is 0.493 e. The van der Waals surface area contributed by atoms with Crippen LogP contribution in [0.1, 0.15) is 12.8 Å². The number of hydrogen-bond acceptors (Lipinski definition) is 9. The summed E-state index contributed by atoms with van der Waals surface area (Å²) in [4.78, 5) is 24.3. The van der Waals surface area contributed by atoms with Gasteiger partial charge in [0.2, 0.25) is 10.6 Å². The van der Waals surface area contributed by atoms with E-state index in [1.165, 1.54) is 18.4 Å². The summed E-state index contributed by atoms with van der Waals surface area (Å²) in [5.74, 6) is 2.80. The maximum Gasteiger partial charge on any atom is 0.351 e. The number of benzene rings is 1. The van der Waals surface area contributed by atoms with Crippen LogP contribution >= 0.6 is 11.3 Å². The molecule has 164 valence electrons. The first-order valence-electron chi connectivity index (χ1n) is 10.0. The Bertz CT molecular complexity index is 1090. The van der Waals surface area contributed by atoms with Gasteiger partial charge in [0.25, 0.3) is 0 Å². The Morgan fingerprint density at radius 1 is 1.19 bits per heavy atom. The van der Waals surface area contributed by atoms with Crippen molar-refractivity contribution in [2.45, 2.75) is 12.8 Å². The second-order valence-electron chi connectivity index (χ2n) is 7.30. The maximum absolute atomic E-state index is 11.9. The summed E-state index contributed by atoms with van der Waals surface area (Å²) in [6.45, 7) is 1.47. The minimum Gasteiger partial charge on any atom is -0.493 e. The number of fused-ring (bicyclic) bond motifs is 1. The monoisotopic (exact) mass is 444 g/mol. The van der Waals surface area contributed by atoms with E-state index in [2.05, 4.69) is 15.2 Å². The van der Waals surface area contributed by atoms with E-state index in [1.807, 2.05) is 29.8 Å². The number of esters is 1. The van der Waals surface area contributed by atoms with Crippen molar-refractivity contribution in [2.75, 3.05) is 44.6 Å². The lowest BCUT2D eigenvalue weighted by molar-refractivity contribution is -0.645. The molecule has 0 radical (unpaired) electrons. The van der Waals surface area contributed by atoms with E-state index in [0.717, 1.165) is 53.7 Å². The van der Waals surface area contributed by atoms with E-state index in [1.54, 1.807) is 19.7 Å². The highest BCUT2D eigenvalue weighted by atomic mass is 32.1. The number of hydrogen-bond donors (Lipinski definition) is 1. The van der Waals surface area contributed by atoms with Crippen molar-refractivity contribution in [3.63, 3.8) is 0 Å². The van der Waals surface area contributed by atoms with Crippen molar-refractivity contribution < 1.29 is 23.6 Å². The van der Waals surface area contributed by atoms with E-state index in [9.17, 15) is 4.79 Å². The summed E-state index contributed by atoms with van der Waals surface area (Å²) in [6.07, 6.45) is 1.49. The zero-order chi connectivity index (χ0) is 22.0. The molecule has 4 rings (SSSR count). The van der Waals surface area contributed by atoms with E-state index in [4.69, 9.17) is 19.2 Å². The number of rotatable bonds is 6. The van der Waals surface area contributed by atoms with Crippen molar-refractivity contribution >= 4 is 45.1 Å². The number of piperidine rings is 1. The van der Waals surface area contributed by atoms with Crippen LogP contribution in [0.4, 0.5) is 17.5 Å². The third-order valence-electron chi connectivity index (χ3n) is 5.57. The first kappa shape index (κ1) is 21.1. The summed E-state index contributed by atoms with van der Waals surface area (Å²) in [6, 6.07) is 5.68. The molecule has 0 bridgehead atoms. The minimum atomic E-state index is -0.134. The molecular weight excluding hydrogens is 418 g/mol. The Balaban J connectivity index is 1.66. The summed E-state index contributed by atoms with van der Waals surface area (Å²) >= 11 is 1.50. The Hall–Kier alpha value is -3.14. The van der Waals surface area contributed by atoms with Crippen molar-refractivity contribution in [3.05, 3.63) is 23.7 Å². The van der Waals surface area contributed by atoms with E-state index in [-0.39, 0.29) is 11.9 Å². The lowest BCUT2D eigenvalue weighted by Crippen LogP contribution is -2.46. The van der Waals surface area contributed by atoms with Crippen LogP contribution < -0.4 is 24.3 Å². The molecule has 2 aromatic heterocycles. The third-order valence-corrected chi connectivity index (χ3v) is 6.29. The maximum atomic E-state index is 11.9. The Kier molecular flexibility index (Phi) is 6.08. The fraction of sp³-hybridized carbons (Fsp3) is 0.429. The lowest BCUT2D eigenvalue weighted by Gasteiger charge is -2.28. The van der Waals surface area contributed by atoms with Crippen molar-refractivity contribution in [1.82, 2.24) is 9.97 Å². The molecule has 10 heteroatoms. The molecule has 0 aliphatic carbocycles. The number of aromatic nitrogens is 3. The van der Waals surface area contributed by atoms with Gasteiger partial charge in [-0.25, -0.2) is 9.55 Å². The fourth-order valence-corrected chi connectivity index (χ4v) is 4.52. The van der Waals surface area contributed by atoms with E-state index < -0.39 is 0 Å². The smallest absolute Gasteiger partial charge is 0.351 e. The Morgan fingerprint density at radius 2 is 1.94 bits per heavy atom. The molecule has 1 fully saturated rings. The molecule has 3 heterocycles. The predicted molar refractivity (Wildman–Crippen MR) is 118 cm³/mol. The molecule has 1 aliphatic heterocycles. The van der Waals surface area contributed by atoms with Gasteiger partial charge >= 0.3 is 11.9 Å². The number of nitrogens with one attached hydrogen (secondary N) is 1. The zero-order valence-electron chi connectivity index (χ0n) is 18.0. The van der Waals surface area contributed by atoms with Gasteiger partial charge in [-0.15, -0.1) is 0 Å². The molecule has 1 aromatic carbocycles. The second-order valence-corrected chi connectivity index (χ2v) is 8.14. The number of carbonyl (C=O) groups is 1. The van der Waals surface area contributed by atoms with Crippen LogP contribution in [0, 0.1) is 5.92 Å². The summed E-state index contributed by atoms with van der Waals surface area (Å²) < 4.78 is 17.7. The number of nitrogens with zero attached hydrogens (tertiary/aromatic N) is 4. The molecule has 1 saturated heterocycles. The molecule has 0 spiro atoms. The molecule has 3 aromatic rings. The Morgan fingerprint density at radius 3 is 2.61 bits per heavy atom. The predicted octanol–water partition coefficient (Wildman–Crippen LogP) is 2.67. The highest BCUT2D eigenvalue weighted by Crippen LogP contribution is 2.33. The van der Waals surface area contributed by atoms with Crippen molar-refractivity contribution in [3.8, 4) is 11.5 Å². The van der Waals surface area contributed by atoms with Crippen LogP contribution in [0.5, 0.6) is 11.5 Å². The Labute approximate surface area is 184 Å². The molecule has 0 amide bonds. The zero-order valence-corrected chi connectivity index (χ0v) is 18.9. The number of ether oxygens (including phenoxy) is 3. The highest BCUT2D eigenvalue weighted by Gasteiger charge is 2.32. The molecule has 0 atom stereocenters. The van der Waals surface area contributed by atoms with E-state index in [0.29, 0.717) is 11.5 Å². The summed E-state index contributed by atoms with van der Waals surface area (Å²) in [7, 11) is 6.64. The van der Waals surface area contributed by atoms with Crippen LogP contribution in [-0.4, -0.2) is 50.4 Å². The average Bonchev–Trinajstić information content (AvgIpc) is 3.28. The van der Waals surface area contributed by atoms with Gasteiger partial charge in [-0.05, 0) is 25.0 Å². The molecular formula is C21H26N5O4S+. The van der Waals surface area contributed by atoms with Gasteiger partial charge in [0.05, 0.1) is 58.6 Å². The van der Waals surface area contributed by atoms with Gasteiger partial charge < -0.3 is 14.2 Å². The molecule has 0 saturated carbocycles.